The molecular formula is C15H14N4O2. The van der Waals surface area contributed by atoms with Crippen molar-refractivity contribution in [3.8, 4) is 5.82 Å². The van der Waals surface area contributed by atoms with Crippen LogP contribution in [0.4, 0.5) is 0 Å². The summed E-state index contributed by atoms with van der Waals surface area (Å²) in [6.07, 6.45) is 4.92. The van der Waals surface area contributed by atoms with Gasteiger partial charge < -0.3 is 4.74 Å². The second-order valence-corrected chi connectivity index (χ2v) is 4.53. The summed E-state index contributed by atoms with van der Waals surface area (Å²) in [4.78, 5) is 25.1. The molecule has 3 rings (SSSR count). The number of esters is 1. The van der Waals surface area contributed by atoms with Gasteiger partial charge in [0.25, 0.3) is 0 Å². The van der Waals surface area contributed by atoms with Crippen molar-refractivity contribution >= 4 is 17.0 Å². The van der Waals surface area contributed by atoms with Crippen LogP contribution in [0.15, 0.2) is 36.9 Å². The standard InChI is InChI=1S/C15H14N4O2/c1-3-21-15(20)13-14(19-8-7-16-9-19)18-12-10(2)5-4-6-11(12)17-13/h4-9H,3H2,1-2H3. The van der Waals surface area contributed by atoms with Gasteiger partial charge in [-0.15, -0.1) is 0 Å². The Balaban J connectivity index is 2.28. The fourth-order valence-corrected chi connectivity index (χ4v) is 2.11. The molecule has 0 saturated carbocycles. The molecule has 0 radical (unpaired) electrons. The average Bonchev–Trinajstić information content (AvgIpc) is 3.01. The van der Waals surface area contributed by atoms with Crippen LogP contribution in [0, 0.1) is 6.92 Å². The van der Waals surface area contributed by atoms with E-state index in [1.807, 2.05) is 25.1 Å². The first-order valence-corrected chi connectivity index (χ1v) is 6.63. The number of hydrogen-bond donors (Lipinski definition) is 0. The third-order valence-corrected chi connectivity index (χ3v) is 3.10. The number of aromatic nitrogens is 4. The maximum Gasteiger partial charge on any atom is 0.360 e. The quantitative estimate of drug-likeness (QED) is 0.689. The lowest BCUT2D eigenvalue weighted by Gasteiger charge is -2.10. The molecule has 3 aromatic rings. The molecule has 0 atom stereocenters. The van der Waals surface area contributed by atoms with Crippen LogP contribution in [-0.2, 0) is 4.74 Å². The summed E-state index contributed by atoms with van der Waals surface area (Å²) >= 11 is 0. The highest BCUT2D eigenvalue weighted by Crippen LogP contribution is 2.19. The number of nitrogens with zero attached hydrogens (tertiary/aromatic N) is 4. The molecule has 0 spiro atoms. The first-order chi connectivity index (χ1) is 10.2. The molecule has 0 aliphatic carbocycles. The molecule has 0 amide bonds. The Bertz CT molecular complexity index is 797. The summed E-state index contributed by atoms with van der Waals surface area (Å²) in [5.41, 5.74) is 2.61. The Morgan fingerprint density at radius 1 is 1.33 bits per heavy atom. The van der Waals surface area contributed by atoms with E-state index in [2.05, 4.69) is 15.0 Å². The molecule has 0 bridgehead atoms. The second-order valence-electron chi connectivity index (χ2n) is 4.53. The summed E-state index contributed by atoms with van der Waals surface area (Å²) in [5, 5.41) is 0. The largest absolute Gasteiger partial charge is 0.461 e. The Morgan fingerprint density at radius 2 is 2.19 bits per heavy atom. The number of ether oxygens (including phenoxy) is 1. The SMILES string of the molecule is CCOC(=O)c1nc2cccc(C)c2nc1-n1ccnc1. The van der Waals surface area contributed by atoms with Crippen molar-refractivity contribution in [2.45, 2.75) is 13.8 Å². The molecule has 0 aliphatic heterocycles. The van der Waals surface area contributed by atoms with Crippen molar-refractivity contribution in [3.63, 3.8) is 0 Å². The van der Waals surface area contributed by atoms with Gasteiger partial charge in [0.2, 0.25) is 0 Å². The normalized spacial score (nSPS) is 10.8. The lowest BCUT2D eigenvalue weighted by Crippen LogP contribution is -2.13. The van der Waals surface area contributed by atoms with E-state index in [1.54, 1.807) is 30.2 Å². The van der Waals surface area contributed by atoms with Crippen molar-refractivity contribution in [1.29, 1.82) is 0 Å². The van der Waals surface area contributed by atoms with E-state index in [-0.39, 0.29) is 12.3 Å². The third kappa shape index (κ3) is 2.35. The molecular weight excluding hydrogens is 268 g/mol. The molecule has 6 heteroatoms. The number of para-hydroxylation sites is 1. The van der Waals surface area contributed by atoms with Gasteiger partial charge >= 0.3 is 5.97 Å². The van der Waals surface area contributed by atoms with Crippen LogP contribution in [0.25, 0.3) is 16.9 Å². The molecule has 2 heterocycles. The van der Waals surface area contributed by atoms with Crippen LogP contribution in [0.2, 0.25) is 0 Å². The summed E-state index contributed by atoms with van der Waals surface area (Å²) in [6.45, 7) is 4.00. The minimum absolute atomic E-state index is 0.188. The van der Waals surface area contributed by atoms with Crippen molar-refractivity contribution in [2.75, 3.05) is 6.61 Å². The van der Waals surface area contributed by atoms with Crippen molar-refractivity contribution in [3.05, 3.63) is 48.2 Å². The van der Waals surface area contributed by atoms with E-state index in [4.69, 9.17) is 4.74 Å². The maximum absolute atomic E-state index is 12.1. The molecule has 21 heavy (non-hydrogen) atoms. The molecule has 1 aromatic carbocycles. The third-order valence-electron chi connectivity index (χ3n) is 3.10. The predicted molar refractivity (Wildman–Crippen MR) is 77.4 cm³/mol. The van der Waals surface area contributed by atoms with Crippen LogP contribution in [0.5, 0.6) is 0 Å². The Morgan fingerprint density at radius 3 is 2.90 bits per heavy atom. The predicted octanol–water partition coefficient (Wildman–Crippen LogP) is 2.30. The number of aryl methyl sites for hydroxylation is 1. The number of hydrogen-bond acceptors (Lipinski definition) is 5. The van der Waals surface area contributed by atoms with Crippen LogP contribution in [0.3, 0.4) is 0 Å². The van der Waals surface area contributed by atoms with Gasteiger partial charge in [0.05, 0.1) is 17.6 Å². The van der Waals surface area contributed by atoms with E-state index in [9.17, 15) is 4.79 Å². The van der Waals surface area contributed by atoms with E-state index in [0.717, 1.165) is 11.1 Å². The van der Waals surface area contributed by atoms with E-state index in [1.165, 1.54) is 0 Å². The molecule has 2 aromatic heterocycles. The molecule has 0 saturated heterocycles. The summed E-state index contributed by atoms with van der Waals surface area (Å²) in [7, 11) is 0. The number of benzene rings is 1. The highest BCUT2D eigenvalue weighted by atomic mass is 16.5. The van der Waals surface area contributed by atoms with E-state index in [0.29, 0.717) is 11.3 Å². The van der Waals surface area contributed by atoms with Gasteiger partial charge in [-0.2, -0.15) is 0 Å². The van der Waals surface area contributed by atoms with Crippen molar-refractivity contribution in [2.24, 2.45) is 0 Å². The highest BCUT2D eigenvalue weighted by molar-refractivity contribution is 5.93. The van der Waals surface area contributed by atoms with Gasteiger partial charge in [-0.1, -0.05) is 12.1 Å². The summed E-state index contributed by atoms with van der Waals surface area (Å²) < 4.78 is 6.73. The van der Waals surface area contributed by atoms with E-state index >= 15 is 0 Å². The van der Waals surface area contributed by atoms with Gasteiger partial charge in [-0.05, 0) is 25.5 Å². The van der Waals surface area contributed by atoms with E-state index < -0.39 is 5.97 Å². The zero-order valence-corrected chi connectivity index (χ0v) is 11.8. The second kappa shape index (κ2) is 5.32. The fraction of sp³-hybridized carbons (Fsp3) is 0.200. The summed E-state index contributed by atoms with van der Waals surface area (Å²) in [6, 6.07) is 5.67. The average molecular weight is 282 g/mol. The summed E-state index contributed by atoms with van der Waals surface area (Å²) in [5.74, 6) is -0.0649. The first-order valence-electron chi connectivity index (χ1n) is 6.63. The van der Waals surface area contributed by atoms with Gasteiger partial charge in [-0.3, -0.25) is 4.57 Å². The van der Waals surface area contributed by atoms with Crippen LogP contribution in [0.1, 0.15) is 23.0 Å². The van der Waals surface area contributed by atoms with Crippen LogP contribution in [-0.4, -0.2) is 32.1 Å². The van der Waals surface area contributed by atoms with Gasteiger partial charge in [0.1, 0.15) is 6.33 Å². The van der Waals surface area contributed by atoms with Crippen molar-refractivity contribution in [1.82, 2.24) is 19.5 Å². The molecule has 0 aliphatic rings. The Hall–Kier alpha value is -2.76. The number of imidazole rings is 1. The lowest BCUT2D eigenvalue weighted by molar-refractivity contribution is 0.0519. The van der Waals surface area contributed by atoms with Crippen LogP contribution < -0.4 is 0 Å². The minimum Gasteiger partial charge on any atom is -0.461 e. The smallest absolute Gasteiger partial charge is 0.360 e. The fourth-order valence-electron chi connectivity index (χ4n) is 2.11. The Kier molecular flexibility index (Phi) is 3.35. The van der Waals surface area contributed by atoms with Gasteiger partial charge in [0, 0.05) is 12.4 Å². The molecule has 6 nitrogen and oxygen atoms in total. The maximum atomic E-state index is 12.1. The van der Waals surface area contributed by atoms with Gasteiger partial charge in [-0.25, -0.2) is 19.7 Å². The minimum atomic E-state index is -0.489. The zero-order valence-electron chi connectivity index (χ0n) is 11.8. The number of fused-ring (bicyclic) bond motifs is 1. The molecule has 106 valence electrons. The van der Waals surface area contributed by atoms with Gasteiger partial charge in [0.15, 0.2) is 11.5 Å². The topological polar surface area (TPSA) is 69.9 Å². The molecule has 0 unspecified atom stereocenters. The number of carbonyl (C=O) groups excluding carboxylic acids is 1. The molecule has 0 fully saturated rings. The van der Waals surface area contributed by atoms with Crippen molar-refractivity contribution < 1.29 is 9.53 Å². The first kappa shape index (κ1) is 13.2. The monoisotopic (exact) mass is 282 g/mol. The molecule has 0 N–H and O–H groups in total. The lowest BCUT2D eigenvalue weighted by atomic mass is 10.2. The number of rotatable bonds is 3. The van der Waals surface area contributed by atoms with Crippen LogP contribution >= 0.6 is 0 Å². The Labute approximate surface area is 121 Å². The highest BCUT2D eigenvalue weighted by Gasteiger charge is 2.19. The zero-order chi connectivity index (χ0) is 14.8. The number of carbonyl (C=O) groups is 1.